The standard InChI is InChI=1S/C13H8BrCl2FN2O2/c14-8-1-7(2-10(3-8)19(20)21)6-18-13-11(15)4-9(17)5-12(13)16/h1-5,18H,6H2. The summed E-state index contributed by atoms with van der Waals surface area (Å²) in [6, 6.07) is 6.84. The summed E-state index contributed by atoms with van der Waals surface area (Å²) in [4.78, 5) is 10.3. The lowest BCUT2D eigenvalue weighted by atomic mass is 10.2. The fourth-order valence-electron chi connectivity index (χ4n) is 1.74. The number of hydrogen-bond acceptors (Lipinski definition) is 3. The molecule has 0 spiro atoms. The van der Waals surface area contributed by atoms with Gasteiger partial charge in [-0.1, -0.05) is 39.1 Å². The van der Waals surface area contributed by atoms with Gasteiger partial charge in [-0.25, -0.2) is 4.39 Å². The van der Waals surface area contributed by atoms with Crippen molar-refractivity contribution in [3.8, 4) is 0 Å². The maximum atomic E-state index is 13.1. The van der Waals surface area contributed by atoms with Gasteiger partial charge in [-0.3, -0.25) is 10.1 Å². The first kappa shape index (κ1) is 16.0. The average molecular weight is 394 g/mol. The van der Waals surface area contributed by atoms with Gasteiger partial charge in [0.15, 0.2) is 0 Å². The van der Waals surface area contributed by atoms with E-state index < -0.39 is 10.7 Å². The number of nitro groups is 1. The second kappa shape index (κ2) is 6.60. The highest BCUT2D eigenvalue weighted by Gasteiger charge is 2.11. The molecule has 0 saturated heterocycles. The lowest BCUT2D eigenvalue weighted by molar-refractivity contribution is -0.385. The van der Waals surface area contributed by atoms with Gasteiger partial charge in [0.2, 0.25) is 0 Å². The van der Waals surface area contributed by atoms with Gasteiger partial charge in [0.25, 0.3) is 5.69 Å². The Hall–Kier alpha value is -1.37. The minimum absolute atomic E-state index is 0.0301. The lowest BCUT2D eigenvalue weighted by Crippen LogP contribution is -2.02. The second-order valence-electron chi connectivity index (χ2n) is 4.17. The van der Waals surface area contributed by atoms with E-state index in [0.29, 0.717) is 15.7 Å². The van der Waals surface area contributed by atoms with Crippen LogP contribution in [-0.4, -0.2) is 4.92 Å². The van der Waals surface area contributed by atoms with Crippen LogP contribution >= 0.6 is 39.1 Å². The monoisotopic (exact) mass is 392 g/mol. The first-order valence-corrected chi connectivity index (χ1v) is 7.24. The topological polar surface area (TPSA) is 55.2 Å². The van der Waals surface area contributed by atoms with E-state index in [1.807, 2.05) is 0 Å². The van der Waals surface area contributed by atoms with E-state index in [9.17, 15) is 14.5 Å². The molecule has 0 aromatic heterocycles. The molecule has 0 aliphatic rings. The van der Waals surface area contributed by atoms with E-state index in [4.69, 9.17) is 23.2 Å². The molecule has 0 radical (unpaired) electrons. The van der Waals surface area contributed by atoms with Gasteiger partial charge in [-0.15, -0.1) is 0 Å². The SMILES string of the molecule is O=[N+]([O-])c1cc(Br)cc(CNc2c(Cl)cc(F)cc2Cl)c1. The fourth-order valence-corrected chi connectivity index (χ4v) is 2.86. The van der Waals surface area contributed by atoms with Gasteiger partial charge >= 0.3 is 0 Å². The van der Waals surface area contributed by atoms with Crippen LogP contribution in [0.2, 0.25) is 10.0 Å². The Balaban J connectivity index is 2.23. The minimum atomic E-state index is -0.534. The summed E-state index contributed by atoms with van der Waals surface area (Å²) < 4.78 is 13.7. The molecule has 0 fully saturated rings. The Labute approximate surface area is 138 Å². The number of nitrogens with zero attached hydrogens (tertiary/aromatic N) is 1. The Bertz CT molecular complexity index is 690. The zero-order valence-corrected chi connectivity index (χ0v) is 13.5. The van der Waals surface area contributed by atoms with Gasteiger partial charge in [0.1, 0.15) is 5.82 Å². The highest BCUT2D eigenvalue weighted by Crippen LogP contribution is 2.32. The van der Waals surface area contributed by atoms with Gasteiger partial charge in [0, 0.05) is 23.2 Å². The predicted molar refractivity (Wildman–Crippen MR) is 84.5 cm³/mol. The summed E-state index contributed by atoms with van der Waals surface area (Å²) in [7, 11) is 0. The molecule has 21 heavy (non-hydrogen) atoms. The summed E-state index contributed by atoms with van der Waals surface area (Å²) >= 11 is 15.0. The van der Waals surface area contributed by atoms with Crippen LogP contribution in [0, 0.1) is 15.9 Å². The number of nitrogens with one attached hydrogen (secondary N) is 1. The Morgan fingerprint density at radius 1 is 1.19 bits per heavy atom. The molecule has 0 saturated carbocycles. The summed E-state index contributed by atoms with van der Waals surface area (Å²) in [6.45, 7) is 0.255. The number of nitro benzene ring substituents is 1. The molecule has 4 nitrogen and oxygen atoms in total. The van der Waals surface area contributed by atoms with E-state index in [2.05, 4.69) is 21.2 Å². The summed E-state index contributed by atoms with van der Waals surface area (Å²) in [5.41, 5.74) is 1.01. The van der Waals surface area contributed by atoms with Gasteiger partial charge in [-0.2, -0.15) is 0 Å². The molecule has 0 amide bonds. The Morgan fingerprint density at radius 2 is 1.81 bits per heavy atom. The molecule has 0 heterocycles. The Morgan fingerprint density at radius 3 is 2.38 bits per heavy atom. The number of rotatable bonds is 4. The summed E-state index contributed by atoms with van der Waals surface area (Å²) in [5, 5.41) is 14.0. The highest BCUT2D eigenvalue weighted by molar-refractivity contribution is 9.10. The van der Waals surface area contributed by atoms with Crippen LogP contribution in [0.5, 0.6) is 0 Å². The third-order valence-corrected chi connectivity index (χ3v) is 3.68. The molecule has 0 aliphatic carbocycles. The molecular formula is C13H8BrCl2FN2O2. The van der Waals surface area contributed by atoms with E-state index in [1.54, 1.807) is 6.07 Å². The summed E-state index contributed by atoms with van der Waals surface area (Å²) in [6.07, 6.45) is 0. The van der Waals surface area contributed by atoms with E-state index >= 15 is 0 Å². The van der Waals surface area contributed by atoms with Crippen molar-refractivity contribution in [1.82, 2.24) is 0 Å². The minimum Gasteiger partial charge on any atom is -0.379 e. The van der Waals surface area contributed by atoms with Gasteiger partial charge in [0.05, 0.1) is 20.7 Å². The van der Waals surface area contributed by atoms with Crippen LogP contribution < -0.4 is 5.32 Å². The molecule has 0 unspecified atom stereocenters. The van der Waals surface area contributed by atoms with Gasteiger partial charge in [-0.05, 0) is 23.8 Å². The highest BCUT2D eigenvalue weighted by atomic mass is 79.9. The zero-order chi connectivity index (χ0) is 15.6. The van der Waals surface area contributed by atoms with Crippen LogP contribution in [0.15, 0.2) is 34.8 Å². The van der Waals surface area contributed by atoms with E-state index in [0.717, 1.165) is 12.1 Å². The first-order valence-electron chi connectivity index (χ1n) is 5.69. The maximum absolute atomic E-state index is 13.1. The maximum Gasteiger partial charge on any atom is 0.270 e. The Kier molecular flexibility index (Phi) is 5.03. The van der Waals surface area contributed by atoms with Crippen molar-refractivity contribution in [2.75, 3.05) is 5.32 Å². The van der Waals surface area contributed by atoms with E-state index in [1.165, 1.54) is 12.1 Å². The second-order valence-corrected chi connectivity index (χ2v) is 5.90. The number of anilines is 1. The molecule has 0 bridgehead atoms. The van der Waals surface area contributed by atoms with Crippen LogP contribution in [0.3, 0.4) is 0 Å². The quantitative estimate of drug-likeness (QED) is 0.557. The van der Waals surface area contributed by atoms with Crippen LogP contribution in [0.4, 0.5) is 15.8 Å². The third-order valence-electron chi connectivity index (χ3n) is 2.63. The number of non-ortho nitro benzene ring substituents is 1. The fraction of sp³-hybridized carbons (Fsp3) is 0.0769. The largest absolute Gasteiger partial charge is 0.379 e. The van der Waals surface area contributed by atoms with Crippen LogP contribution in [-0.2, 0) is 6.54 Å². The molecule has 2 aromatic rings. The lowest BCUT2D eigenvalue weighted by Gasteiger charge is -2.11. The number of benzene rings is 2. The molecule has 8 heteroatoms. The molecular weight excluding hydrogens is 386 g/mol. The van der Waals surface area contributed by atoms with Crippen LogP contribution in [0.1, 0.15) is 5.56 Å². The summed E-state index contributed by atoms with van der Waals surface area (Å²) in [5.74, 6) is -0.534. The zero-order valence-electron chi connectivity index (χ0n) is 10.4. The third kappa shape index (κ3) is 4.06. The predicted octanol–water partition coefficient (Wildman–Crippen LogP) is 5.42. The van der Waals surface area contributed by atoms with Crippen molar-refractivity contribution in [3.05, 3.63) is 66.3 Å². The molecule has 1 N–H and O–H groups in total. The molecule has 2 rings (SSSR count). The average Bonchev–Trinajstić information content (AvgIpc) is 2.36. The van der Waals surface area contributed by atoms with Gasteiger partial charge < -0.3 is 5.32 Å². The smallest absolute Gasteiger partial charge is 0.270 e. The van der Waals surface area contributed by atoms with Crippen LogP contribution in [0.25, 0.3) is 0 Å². The van der Waals surface area contributed by atoms with Crippen molar-refractivity contribution in [3.63, 3.8) is 0 Å². The molecule has 0 atom stereocenters. The normalized spacial score (nSPS) is 10.5. The first-order chi connectivity index (χ1) is 9.86. The van der Waals surface area contributed by atoms with Crippen molar-refractivity contribution < 1.29 is 9.31 Å². The number of halogens is 4. The van der Waals surface area contributed by atoms with Crippen molar-refractivity contribution in [1.29, 1.82) is 0 Å². The van der Waals surface area contributed by atoms with E-state index in [-0.39, 0.29) is 22.3 Å². The number of hydrogen-bond donors (Lipinski definition) is 1. The van der Waals surface area contributed by atoms with Crippen molar-refractivity contribution in [2.45, 2.75) is 6.54 Å². The van der Waals surface area contributed by atoms with Crippen molar-refractivity contribution in [2.24, 2.45) is 0 Å². The van der Waals surface area contributed by atoms with Crippen molar-refractivity contribution >= 4 is 50.5 Å². The molecule has 0 aliphatic heterocycles. The molecule has 110 valence electrons. The molecule has 2 aromatic carbocycles.